The number of carbonyl (C=O) groups excluding carboxylic acids is 1. The second-order valence-electron chi connectivity index (χ2n) is 3.84. The van der Waals surface area contributed by atoms with Gasteiger partial charge in [0.25, 0.3) is 6.47 Å². The third-order valence-corrected chi connectivity index (χ3v) is 2.86. The van der Waals surface area contributed by atoms with E-state index in [0.717, 1.165) is 6.42 Å². The van der Waals surface area contributed by atoms with Gasteiger partial charge in [0.15, 0.2) is 0 Å². The number of carbonyl (C=O) groups is 1. The van der Waals surface area contributed by atoms with E-state index in [1.807, 2.05) is 18.2 Å². The monoisotopic (exact) mass is 206 g/mol. The molecule has 3 nitrogen and oxygen atoms in total. The molecule has 15 heavy (non-hydrogen) atoms. The highest BCUT2D eigenvalue weighted by atomic mass is 16.6. The van der Waals surface area contributed by atoms with Crippen molar-refractivity contribution in [2.24, 2.45) is 0 Å². The molecule has 1 aromatic rings. The maximum Gasteiger partial charge on any atom is 0.293 e. The van der Waals surface area contributed by atoms with Crippen molar-refractivity contribution in [3.05, 3.63) is 35.9 Å². The van der Waals surface area contributed by atoms with Crippen molar-refractivity contribution in [1.29, 1.82) is 0 Å². The normalized spacial score (nSPS) is 28.5. The Hall–Kier alpha value is -1.35. The molecule has 0 radical (unpaired) electrons. The number of rotatable bonds is 5. The molecule has 0 N–H and O–H groups in total. The van der Waals surface area contributed by atoms with E-state index in [-0.39, 0.29) is 11.7 Å². The SMILES string of the molecule is CC1(c2ccccc2)OC1CCOC=O. The summed E-state index contributed by atoms with van der Waals surface area (Å²) in [6.07, 6.45) is 0.921. The van der Waals surface area contributed by atoms with E-state index in [1.165, 1.54) is 5.56 Å². The van der Waals surface area contributed by atoms with Gasteiger partial charge in [-0.25, -0.2) is 0 Å². The average Bonchev–Trinajstić information content (AvgIpc) is 2.93. The lowest BCUT2D eigenvalue weighted by molar-refractivity contribution is -0.128. The zero-order valence-electron chi connectivity index (χ0n) is 8.68. The van der Waals surface area contributed by atoms with Crippen molar-refractivity contribution < 1.29 is 14.3 Å². The van der Waals surface area contributed by atoms with E-state index < -0.39 is 0 Å². The fourth-order valence-electron chi connectivity index (χ4n) is 1.84. The number of hydrogen-bond donors (Lipinski definition) is 0. The summed E-state index contributed by atoms with van der Waals surface area (Å²) in [6.45, 7) is 2.97. The van der Waals surface area contributed by atoms with Crippen LogP contribution in [-0.4, -0.2) is 19.2 Å². The smallest absolute Gasteiger partial charge is 0.293 e. The average molecular weight is 206 g/mol. The van der Waals surface area contributed by atoms with Gasteiger partial charge in [-0.2, -0.15) is 0 Å². The summed E-state index contributed by atoms with van der Waals surface area (Å²) in [7, 11) is 0. The minimum atomic E-state index is -0.187. The molecule has 1 fully saturated rings. The van der Waals surface area contributed by atoms with Gasteiger partial charge in [0.05, 0.1) is 12.7 Å². The molecule has 0 spiro atoms. The Kier molecular flexibility index (Phi) is 2.73. The number of hydrogen-bond acceptors (Lipinski definition) is 3. The first-order valence-electron chi connectivity index (χ1n) is 5.06. The van der Waals surface area contributed by atoms with E-state index in [9.17, 15) is 4.79 Å². The first-order valence-corrected chi connectivity index (χ1v) is 5.06. The van der Waals surface area contributed by atoms with Gasteiger partial charge in [-0.3, -0.25) is 4.79 Å². The maximum atomic E-state index is 9.98. The Labute approximate surface area is 89.0 Å². The lowest BCUT2D eigenvalue weighted by Gasteiger charge is -2.05. The molecule has 0 amide bonds. The molecule has 2 atom stereocenters. The third kappa shape index (κ3) is 2.02. The minimum absolute atomic E-state index is 0.167. The first kappa shape index (κ1) is 10.2. The van der Waals surface area contributed by atoms with Gasteiger partial charge in [-0.15, -0.1) is 0 Å². The van der Waals surface area contributed by atoms with E-state index in [2.05, 4.69) is 23.8 Å². The van der Waals surface area contributed by atoms with Gasteiger partial charge in [0, 0.05) is 6.42 Å². The molecule has 3 heteroatoms. The van der Waals surface area contributed by atoms with Crippen molar-refractivity contribution >= 4 is 6.47 Å². The van der Waals surface area contributed by atoms with Crippen LogP contribution in [-0.2, 0) is 19.9 Å². The predicted molar refractivity (Wildman–Crippen MR) is 55.3 cm³/mol. The molecule has 2 unspecified atom stereocenters. The number of ether oxygens (including phenoxy) is 2. The molecule has 2 rings (SSSR count). The van der Waals surface area contributed by atoms with Gasteiger partial charge in [-0.05, 0) is 12.5 Å². The zero-order chi connectivity index (χ0) is 10.7. The highest BCUT2D eigenvalue weighted by Crippen LogP contribution is 2.47. The topological polar surface area (TPSA) is 38.8 Å². The summed E-state index contributed by atoms with van der Waals surface area (Å²) < 4.78 is 10.3. The van der Waals surface area contributed by atoms with E-state index in [4.69, 9.17) is 4.74 Å². The Morgan fingerprint density at radius 3 is 2.87 bits per heavy atom. The molecular weight excluding hydrogens is 192 g/mol. The number of epoxide rings is 1. The van der Waals surface area contributed by atoms with E-state index >= 15 is 0 Å². The molecule has 1 aliphatic heterocycles. The molecule has 0 aliphatic carbocycles. The van der Waals surface area contributed by atoms with Crippen LogP contribution in [0, 0.1) is 0 Å². The Balaban J connectivity index is 1.92. The van der Waals surface area contributed by atoms with Gasteiger partial charge < -0.3 is 9.47 Å². The van der Waals surface area contributed by atoms with Crippen molar-refractivity contribution in [2.75, 3.05) is 6.61 Å². The highest BCUT2D eigenvalue weighted by Gasteiger charge is 2.52. The molecule has 1 aliphatic rings. The summed E-state index contributed by atoms with van der Waals surface area (Å²) in [6, 6.07) is 10.1. The van der Waals surface area contributed by atoms with Crippen LogP contribution in [0.1, 0.15) is 18.9 Å². The van der Waals surface area contributed by atoms with Crippen molar-refractivity contribution in [1.82, 2.24) is 0 Å². The summed E-state index contributed by atoms with van der Waals surface area (Å²) in [4.78, 5) is 9.98. The zero-order valence-corrected chi connectivity index (χ0v) is 8.68. The molecule has 0 saturated carbocycles. The Morgan fingerprint density at radius 2 is 2.20 bits per heavy atom. The molecule has 1 heterocycles. The van der Waals surface area contributed by atoms with Crippen LogP contribution in [0.25, 0.3) is 0 Å². The molecule has 80 valence electrons. The van der Waals surface area contributed by atoms with Gasteiger partial charge in [0.2, 0.25) is 0 Å². The largest absolute Gasteiger partial charge is 0.468 e. The predicted octanol–water partition coefficient (Wildman–Crippen LogP) is 1.86. The Bertz CT molecular complexity index is 336. The lowest BCUT2D eigenvalue weighted by Crippen LogP contribution is -2.09. The lowest BCUT2D eigenvalue weighted by atomic mass is 9.96. The Morgan fingerprint density at radius 1 is 1.47 bits per heavy atom. The van der Waals surface area contributed by atoms with Crippen LogP contribution in [0.3, 0.4) is 0 Å². The molecule has 0 bridgehead atoms. The molecule has 1 aromatic carbocycles. The van der Waals surface area contributed by atoms with Crippen LogP contribution in [0.2, 0.25) is 0 Å². The fraction of sp³-hybridized carbons (Fsp3) is 0.417. The second kappa shape index (κ2) is 4.03. The summed E-state index contributed by atoms with van der Waals surface area (Å²) in [5.41, 5.74) is 0.995. The van der Waals surface area contributed by atoms with Gasteiger partial charge in [0.1, 0.15) is 5.60 Å². The van der Waals surface area contributed by atoms with E-state index in [0.29, 0.717) is 13.1 Å². The van der Waals surface area contributed by atoms with Crippen LogP contribution >= 0.6 is 0 Å². The van der Waals surface area contributed by atoms with Crippen molar-refractivity contribution in [3.8, 4) is 0 Å². The van der Waals surface area contributed by atoms with E-state index in [1.54, 1.807) is 0 Å². The standard InChI is InChI=1S/C12H14O3/c1-12(10-5-3-2-4-6-10)11(15-12)7-8-14-9-13/h2-6,9,11H,7-8H2,1H3. The fourth-order valence-corrected chi connectivity index (χ4v) is 1.84. The first-order chi connectivity index (χ1) is 7.27. The van der Waals surface area contributed by atoms with Crippen LogP contribution in [0.5, 0.6) is 0 Å². The second-order valence-corrected chi connectivity index (χ2v) is 3.84. The minimum Gasteiger partial charge on any atom is -0.468 e. The molecule has 1 saturated heterocycles. The quantitative estimate of drug-likeness (QED) is 0.419. The summed E-state index contributed by atoms with van der Waals surface area (Å²) in [5.74, 6) is 0. The van der Waals surface area contributed by atoms with Crippen LogP contribution < -0.4 is 0 Å². The van der Waals surface area contributed by atoms with Gasteiger partial charge >= 0.3 is 0 Å². The molecular formula is C12H14O3. The number of benzene rings is 1. The van der Waals surface area contributed by atoms with Gasteiger partial charge in [-0.1, -0.05) is 30.3 Å². The van der Waals surface area contributed by atoms with Crippen molar-refractivity contribution in [3.63, 3.8) is 0 Å². The summed E-state index contributed by atoms with van der Waals surface area (Å²) in [5, 5.41) is 0. The van der Waals surface area contributed by atoms with Crippen LogP contribution in [0.15, 0.2) is 30.3 Å². The highest BCUT2D eigenvalue weighted by molar-refractivity contribution is 5.37. The third-order valence-electron chi connectivity index (χ3n) is 2.86. The van der Waals surface area contributed by atoms with Crippen LogP contribution in [0.4, 0.5) is 0 Å². The maximum absolute atomic E-state index is 9.98. The molecule has 0 aromatic heterocycles. The van der Waals surface area contributed by atoms with Crippen molar-refractivity contribution in [2.45, 2.75) is 25.0 Å². The summed E-state index contributed by atoms with van der Waals surface area (Å²) >= 11 is 0.